The Morgan fingerprint density at radius 3 is 1.55 bits per heavy atom. The summed E-state index contributed by atoms with van der Waals surface area (Å²) in [5.74, 6) is 0.623. The van der Waals surface area contributed by atoms with Gasteiger partial charge in [-0.05, 0) is 89.2 Å². The Balaban J connectivity index is 1.26. The van der Waals surface area contributed by atoms with E-state index in [1.165, 1.54) is 105 Å². The van der Waals surface area contributed by atoms with E-state index < -0.39 is 0 Å². The van der Waals surface area contributed by atoms with Crippen molar-refractivity contribution < 1.29 is 0 Å². The normalized spacial score (nSPS) is 15.9. The lowest BCUT2D eigenvalue weighted by atomic mass is 9.92. The van der Waals surface area contributed by atoms with Crippen molar-refractivity contribution in [3.8, 4) is 39.3 Å². The van der Waals surface area contributed by atoms with Gasteiger partial charge in [0.05, 0.1) is 27.6 Å². The van der Waals surface area contributed by atoms with Crippen molar-refractivity contribution in [3.63, 3.8) is 0 Å². The van der Waals surface area contributed by atoms with Crippen molar-refractivity contribution in [1.82, 2.24) is 13.7 Å². The molecule has 2 aliphatic carbocycles. The van der Waals surface area contributed by atoms with E-state index in [-0.39, 0.29) is 0 Å². The van der Waals surface area contributed by atoms with Gasteiger partial charge in [0.25, 0.3) is 0 Å². The second kappa shape index (κ2) is 14.6. The summed E-state index contributed by atoms with van der Waals surface area (Å²) in [7, 11) is 0. The van der Waals surface area contributed by atoms with Gasteiger partial charge in [0, 0.05) is 67.1 Å². The number of rotatable bonds is 6. The van der Waals surface area contributed by atoms with E-state index in [9.17, 15) is 0 Å². The second-order valence-electron chi connectivity index (χ2n) is 17.6. The molecule has 3 heterocycles. The summed E-state index contributed by atoms with van der Waals surface area (Å²) in [6.07, 6.45) is 15.8. The molecule has 64 heavy (non-hydrogen) atoms. The molecule has 0 amide bonds. The van der Waals surface area contributed by atoms with E-state index in [2.05, 4.69) is 239 Å². The van der Waals surface area contributed by atoms with Gasteiger partial charge in [-0.1, -0.05) is 177 Å². The first kappa shape index (κ1) is 36.7. The zero-order valence-electron chi connectivity index (χ0n) is 35.7. The summed E-state index contributed by atoms with van der Waals surface area (Å²) in [5, 5.41) is 6.35. The van der Waals surface area contributed by atoms with Crippen LogP contribution in [0.2, 0.25) is 0 Å². The van der Waals surface area contributed by atoms with Crippen LogP contribution in [0, 0.1) is 0 Å². The molecule has 0 spiro atoms. The van der Waals surface area contributed by atoms with Gasteiger partial charge in [-0.25, -0.2) is 0 Å². The lowest BCUT2D eigenvalue weighted by Crippen LogP contribution is -2.07. The summed E-state index contributed by atoms with van der Waals surface area (Å²) >= 11 is 0. The Labute approximate surface area is 372 Å². The Hall–Kier alpha value is -7.88. The summed E-state index contributed by atoms with van der Waals surface area (Å²) in [5.41, 5.74) is 18.5. The van der Waals surface area contributed by atoms with E-state index in [4.69, 9.17) is 0 Å². The fourth-order valence-corrected chi connectivity index (χ4v) is 11.1. The van der Waals surface area contributed by atoms with Crippen molar-refractivity contribution in [1.29, 1.82) is 0 Å². The smallest absolute Gasteiger partial charge is 0.0663 e. The third-order valence-electron chi connectivity index (χ3n) is 13.9. The number of nitrogens with zero attached hydrogens (tertiary/aromatic N) is 3. The van der Waals surface area contributed by atoms with Crippen LogP contribution in [0.5, 0.6) is 0 Å². The van der Waals surface area contributed by atoms with Crippen LogP contribution in [0.3, 0.4) is 0 Å². The number of aromatic nitrogens is 3. The molecular weight excluding hydrogens is 775 g/mol. The molecule has 13 rings (SSSR count). The van der Waals surface area contributed by atoms with Gasteiger partial charge in [-0.15, -0.1) is 0 Å². The van der Waals surface area contributed by atoms with Crippen LogP contribution in [-0.2, 0) is 0 Å². The number of benzene rings is 8. The molecule has 8 aromatic carbocycles. The number of para-hydroxylation sites is 2. The van der Waals surface area contributed by atoms with Crippen molar-refractivity contribution in [2.45, 2.75) is 31.6 Å². The average molecular weight is 820 g/mol. The van der Waals surface area contributed by atoms with Crippen LogP contribution in [0.25, 0.3) is 99.9 Å². The van der Waals surface area contributed by atoms with Crippen LogP contribution in [0.1, 0.15) is 48.4 Å². The van der Waals surface area contributed by atoms with Crippen molar-refractivity contribution in [3.05, 3.63) is 229 Å². The molecule has 3 heteroatoms. The van der Waals surface area contributed by atoms with E-state index in [0.717, 1.165) is 18.5 Å². The van der Waals surface area contributed by atoms with Crippen molar-refractivity contribution >= 4 is 60.6 Å². The summed E-state index contributed by atoms with van der Waals surface area (Å²) < 4.78 is 7.82. The average Bonchev–Trinajstić information content (AvgIpc) is 4.02. The van der Waals surface area contributed by atoms with E-state index in [1.807, 2.05) is 0 Å². The molecule has 304 valence electrons. The van der Waals surface area contributed by atoms with Gasteiger partial charge in [0.2, 0.25) is 0 Å². The molecule has 0 radical (unpaired) electrons. The molecule has 11 aromatic rings. The molecular formula is C61H45N3. The maximum atomic E-state index is 2.65. The van der Waals surface area contributed by atoms with Crippen LogP contribution >= 0.6 is 0 Å². The number of hydrogen-bond acceptors (Lipinski definition) is 0. The minimum atomic E-state index is 0.291. The van der Waals surface area contributed by atoms with Crippen LogP contribution < -0.4 is 0 Å². The monoisotopic (exact) mass is 819 g/mol. The van der Waals surface area contributed by atoms with Gasteiger partial charge in [-0.3, -0.25) is 0 Å². The Morgan fingerprint density at radius 2 is 0.938 bits per heavy atom. The maximum Gasteiger partial charge on any atom is 0.0663 e. The maximum absolute atomic E-state index is 2.65. The SMILES string of the molecule is CC1CC=Cc2c1n(-c1cccc(-c3ccccc3)c1)c1c2c2c(c3ccccc3n2-c2cccc(-c3ccccc3)c2)c2c1c1ccccc1n2-c1cccc(C2C=CC=CC2)c1. The van der Waals surface area contributed by atoms with Gasteiger partial charge in [0.1, 0.15) is 0 Å². The highest BCUT2D eigenvalue weighted by Crippen LogP contribution is 2.52. The molecule has 0 aliphatic heterocycles. The van der Waals surface area contributed by atoms with Crippen LogP contribution in [0.4, 0.5) is 0 Å². The Morgan fingerprint density at radius 1 is 0.422 bits per heavy atom. The van der Waals surface area contributed by atoms with Crippen LogP contribution in [-0.4, -0.2) is 13.7 Å². The predicted octanol–water partition coefficient (Wildman–Crippen LogP) is 16.3. The molecule has 3 nitrogen and oxygen atoms in total. The molecule has 0 saturated carbocycles. The zero-order chi connectivity index (χ0) is 42.3. The lowest BCUT2D eigenvalue weighted by Gasteiger charge is -2.20. The van der Waals surface area contributed by atoms with Gasteiger partial charge in [0.15, 0.2) is 0 Å². The van der Waals surface area contributed by atoms with Crippen molar-refractivity contribution in [2.75, 3.05) is 0 Å². The zero-order valence-corrected chi connectivity index (χ0v) is 35.7. The highest BCUT2D eigenvalue weighted by molar-refractivity contribution is 6.37. The first-order valence-electron chi connectivity index (χ1n) is 22.7. The first-order valence-corrected chi connectivity index (χ1v) is 22.7. The minimum absolute atomic E-state index is 0.291. The Bertz CT molecular complexity index is 3740. The van der Waals surface area contributed by atoms with Gasteiger partial charge >= 0.3 is 0 Å². The fraction of sp³-hybridized carbons (Fsp3) is 0.0820. The minimum Gasteiger partial charge on any atom is -0.312 e. The first-order chi connectivity index (χ1) is 31.7. The number of allylic oxidation sites excluding steroid dienone is 5. The topological polar surface area (TPSA) is 14.8 Å². The van der Waals surface area contributed by atoms with E-state index >= 15 is 0 Å². The largest absolute Gasteiger partial charge is 0.312 e. The molecule has 0 N–H and O–H groups in total. The number of hydrogen-bond donors (Lipinski definition) is 0. The molecule has 2 atom stereocenters. The summed E-state index contributed by atoms with van der Waals surface area (Å²) in [6, 6.07) is 67.5. The van der Waals surface area contributed by atoms with Crippen LogP contribution in [0.15, 0.2) is 212 Å². The second-order valence-corrected chi connectivity index (χ2v) is 17.6. The highest BCUT2D eigenvalue weighted by atomic mass is 15.1. The number of fused-ring (bicyclic) bond motifs is 12. The third-order valence-corrected chi connectivity index (χ3v) is 13.9. The van der Waals surface area contributed by atoms with Gasteiger partial charge in [-0.2, -0.15) is 0 Å². The van der Waals surface area contributed by atoms with Gasteiger partial charge < -0.3 is 13.7 Å². The molecule has 2 aliphatic rings. The summed E-state index contributed by atoms with van der Waals surface area (Å²) in [6.45, 7) is 2.41. The molecule has 2 unspecified atom stereocenters. The molecule has 3 aromatic heterocycles. The fourth-order valence-electron chi connectivity index (χ4n) is 11.1. The van der Waals surface area contributed by atoms with E-state index in [0.29, 0.717) is 11.8 Å². The predicted molar refractivity (Wildman–Crippen MR) is 271 cm³/mol. The quantitative estimate of drug-likeness (QED) is 0.159. The molecule has 0 fully saturated rings. The molecule has 0 saturated heterocycles. The highest BCUT2D eigenvalue weighted by Gasteiger charge is 2.32. The Kier molecular flexibility index (Phi) is 8.39. The third kappa shape index (κ3) is 5.53. The molecule has 0 bridgehead atoms. The standard InChI is InChI=1S/C61H45N3/c1-40-19-15-34-52-57-60-55(50-32-11-13-35-53(50)63(60)48-30-17-27-45(38-48)42-22-7-3-8-23-42)59-56(61(57)64(58(40)52)49-31-18-28-46(39-49)43-24-9-4-10-25-43)51-33-12-14-36-54(51)62(59)47-29-16-26-44(37-47)41-20-5-2-6-21-41/h2-18,20,22-41H,19,21H2,1H3. The van der Waals surface area contributed by atoms with E-state index in [1.54, 1.807) is 0 Å². The van der Waals surface area contributed by atoms with Crippen molar-refractivity contribution in [2.24, 2.45) is 0 Å². The summed E-state index contributed by atoms with van der Waals surface area (Å²) in [4.78, 5) is 0. The lowest BCUT2D eigenvalue weighted by molar-refractivity contribution is 0.724.